The molecule has 3 N–H and O–H groups in total. The third kappa shape index (κ3) is 6.11. The third-order valence-electron chi connectivity index (χ3n) is 5.67. The fraction of sp³-hybridized carbons (Fsp3) is 0.0741. The van der Waals surface area contributed by atoms with Crippen molar-refractivity contribution in [3.05, 3.63) is 117 Å². The van der Waals surface area contributed by atoms with Crippen LogP contribution in [-0.2, 0) is 23.1 Å². The number of hydrogen-bond donors (Lipinski definition) is 2. The molecule has 6 nitrogen and oxygen atoms in total. The lowest BCUT2D eigenvalue weighted by atomic mass is 10.0. The van der Waals surface area contributed by atoms with Gasteiger partial charge >= 0.3 is 0 Å². The van der Waals surface area contributed by atoms with E-state index < -0.39 is 32.4 Å². The highest BCUT2D eigenvalue weighted by molar-refractivity contribution is 7.89. The summed E-state index contributed by atoms with van der Waals surface area (Å²) in [5, 5.41) is 10.8. The van der Waals surface area contributed by atoms with Crippen molar-refractivity contribution in [3.63, 3.8) is 0 Å². The van der Waals surface area contributed by atoms with Crippen LogP contribution in [0.3, 0.4) is 0 Å². The van der Waals surface area contributed by atoms with E-state index >= 15 is 0 Å². The number of rotatable bonds is 8. The van der Waals surface area contributed by atoms with Crippen LogP contribution in [0.25, 0.3) is 11.1 Å². The van der Waals surface area contributed by atoms with Gasteiger partial charge in [0.25, 0.3) is 0 Å². The van der Waals surface area contributed by atoms with Gasteiger partial charge in [-0.05, 0) is 64.7 Å². The number of phenolic OH excluding ortho intramolecular Hbond substituents is 1. The zero-order valence-corrected chi connectivity index (χ0v) is 21.6. The Morgan fingerprint density at radius 2 is 1.51 bits per heavy atom. The van der Waals surface area contributed by atoms with Crippen LogP contribution in [0.1, 0.15) is 21.5 Å². The highest BCUT2D eigenvalue weighted by Gasteiger charge is 2.30. The molecule has 0 aromatic heterocycles. The largest absolute Gasteiger partial charge is 0.505 e. The average Bonchev–Trinajstić information content (AvgIpc) is 2.87. The van der Waals surface area contributed by atoms with Gasteiger partial charge in [0.1, 0.15) is 10.7 Å². The molecule has 0 bridgehead atoms. The average molecular weight is 559 g/mol. The van der Waals surface area contributed by atoms with Gasteiger partial charge < -0.3 is 10.8 Å². The minimum absolute atomic E-state index is 0.0982. The second kappa shape index (κ2) is 10.9. The molecule has 0 unspecified atom stereocenters. The SMILES string of the molecule is NC(=O)c1cc(Cl)c(O)c(S(=O)(=O)N(Cc2ccc(F)cc2)Cc2cccc(-c3ccc(Cl)cc3)c2)c1. The molecular weight excluding hydrogens is 538 g/mol. The molecule has 0 radical (unpaired) electrons. The predicted octanol–water partition coefficient (Wildman–Crippen LogP) is 6.00. The van der Waals surface area contributed by atoms with Crippen molar-refractivity contribution in [1.29, 1.82) is 0 Å². The van der Waals surface area contributed by atoms with Crippen LogP contribution in [-0.4, -0.2) is 23.7 Å². The lowest BCUT2D eigenvalue weighted by Crippen LogP contribution is -2.30. The zero-order valence-electron chi connectivity index (χ0n) is 19.2. The first kappa shape index (κ1) is 26.6. The lowest BCUT2D eigenvalue weighted by Gasteiger charge is -2.24. The summed E-state index contributed by atoms with van der Waals surface area (Å²) in [6.45, 7) is -0.245. The number of nitrogens with two attached hydrogens (primary N) is 1. The fourth-order valence-electron chi connectivity index (χ4n) is 3.77. The highest BCUT2D eigenvalue weighted by Crippen LogP contribution is 2.35. The Morgan fingerprint density at radius 1 is 0.865 bits per heavy atom. The van der Waals surface area contributed by atoms with E-state index in [0.29, 0.717) is 16.1 Å². The number of carbonyl (C=O) groups excluding carboxylic acids is 1. The monoisotopic (exact) mass is 558 g/mol. The number of aromatic hydroxyl groups is 1. The second-order valence-electron chi connectivity index (χ2n) is 8.28. The Bertz CT molecular complexity index is 1560. The topological polar surface area (TPSA) is 101 Å². The van der Waals surface area contributed by atoms with Gasteiger partial charge in [-0.25, -0.2) is 12.8 Å². The molecule has 0 spiro atoms. The summed E-state index contributed by atoms with van der Waals surface area (Å²) < 4.78 is 42.2. The normalized spacial score (nSPS) is 11.6. The standard InChI is InChI=1S/C27H21Cl2FN2O4S/c28-22-8-6-19(7-9-22)20-3-1-2-18(12-20)16-32(15-17-4-10-23(30)11-5-17)37(35,36)25-14-21(27(31)34)13-24(29)26(25)33/h1-14,33H,15-16H2,(H2,31,34). The van der Waals surface area contributed by atoms with Crippen molar-refractivity contribution in [2.24, 2.45) is 5.73 Å². The van der Waals surface area contributed by atoms with Gasteiger partial charge in [-0.1, -0.05) is 65.7 Å². The van der Waals surface area contributed by atoms with Crippen LogP contribution in [0.15, 0.2) is 89.8 Å². The van der Waals surface area contributed by atoms with Gasteiger partial charge in [-0.3, -0.25) is 4.79 Å². The van der Waals surface area contributed by atoms with E-state index in [4.69, 9.17) is 28.9 Å². The number of primary amides is 1. The lowest BCUT2D eigenvalue weighted by molar-refractivity contribution is 0.1000. The van der Waals surface area contributed by atoms with Gasteiger partial charge in [0.05, 0.1) is 5.02 Å². The van der Waals surface area contributed by atoms with Crippen LogP contribution in [0.5, 0.6) is 5.75 Å². The van der Waals surface area contributed by atoms with Crippen LogP contribution >= 0.6 is 23.2 Å². The molecular formula is C27H21Cl2FN2O4S. The van der Waals surface area contributed by atoms with E-state index in [9.17, 15) is 22.7 Å². The molecule has 0 aliphatic carbocycles. The number of carbonyl (C=O) groups is 1. The first-order chi connectivity index (χ1) is 17.5. The van der Waals surface area contributed by atoms with Crippen LogP contribution in [0, 0.1) is 5.82 Å². The minimum Gasteiger partial charge on any atom is -0.505 e. The number of hydrogen-bond acceptors (Lipinski definition) is 4. The number of nitrogens with zero attached hydrogens (tertiary/aromatic N) is 1. The number of benzene rings is 4. The molecule has 0 atom stereocenters. The van der Waals surface area contributed by atoms with E-state index in [2.05, 4.69) is 0 Å². The number of sulfonamides is 1. The molecule has 10 heteroatoms. The Hall–Kier alpha value is -3.43. The van der Waals surface area contributed by atoms with Gasteiger partial charge in [0.2, 0.25) is 15.9 Å². The Kier molecular flexibility index (Phi) is 7.85. The Morgan fingerprint density at radius 3 is 2.16 bits per heavy atom. The van der Waals surface area contributed by atoms with Gasteiger partial charge in [0, 0.05) is 23.7 Å². The second-order valence-corrected chi connectivity index (χ2v) is 11.0. The first-order valence-corrected chi connectivity index (χ1v) is 13.2. The summed E-state index contributed by atoms with van der Waals surface area (Å²) in [5.41, 5.74) is 8.05. The molecule has 0 saturated carbocycles. The van der Waals surface area contributed by atoms with Crippen molar-refractivity contribution in [2.45, 2.75) is 18.0 Å². The molecule has 4 aromatic carbocycles. The number of phenols is 1. The number of amides is 1. The maximum absolute atomic E-state index is 13.8. The maximum atomic E-state index is 13.8. The smallest absolute Gasteiger partial charge is 0.248 e. The van der Waals surface area contributed by atoms with Crippen molar-refractivity contribution in [1.82, 2.24) is 4.31 Å². The first-order valence-electron chi connectivity index (χ1n) is 11.0. The molecule has 4 rings (SSSR count). The molecule has 190 valence electrons. The highest BCUT2D eigenvalue weighted by atomic mass is 35.5. The molecule has 37 heavy (non-hydrogen) atoms. The fourth-order valence-corrected chi connectivity index (χ4v) is 5.71. The Labute approximate surface area is 223 Å². The van der Waals surface area contributed by atoms with Crippen LogP contribution in [0.2, 0.25) is 10.0 Å². The summed E-state index contributed by atoms with van der Waals surface area (Å²) in [7, 11) is -4.42. The predicted molar refractivity (Wildman–Crippen MR) is 141 cm³/mol. The quantitative estimate of drug-likeness (QED) is 0.277. The van der Waals surface area contributed by atoms with E-state index in [1.54, 1.807) is 24.3 Å². The van der Waals surface area contributed by atoms with Crippen LogP contribution in [0.4, 0.5) is 4.39 Å². The van der Waals surface area contributed by atoms with Crippen molar-refractivity contribution in [2.75, 3.05) is 0 Å². The molecule has 0 saturated heterocycles. The third-order valence-corrected chi connectivity index (χ3v) is 8.01. The van der Waals surface area contributed by atoms with Crippen molar-refractivity contribution < 1.29 is 22.7 Å². The van der Waals surface area contributed by atoms with Gasteiger partial charge in [0.15, 0.2) is 5.75 Å². The summed E-state index contributed by atoms with van der Waals surface area (Å²) in [5.74, 6) is -2.07. The van der Waals surface area contributed by atoms with E-state index in [-0.39, 0.29) is 23.7 Å². The minimum atomic E-state index is -4.42. The molecule has 0 aliphatic heterocycles. The Balaban J connectivity index is 1.78. The van der Waals surface area contributed by atoms with Crippen molar-refractivity contribution >= 4 is 39.1 Å². The molecule has 0 heterocycles. The van der Waals surface area contributed by atoms with E-state index in [1.165, 1.54) is 24.3 Å². The zero-order chi connectivity index (χ0) is 26.7. The van der Waals surface area contributed by atoms with Gasteiger partial charge in [-0.15, -0.1) is 0 Å². The summed E-state index contributed by atoms with van der Waals surface area (Å²) in [4.78, 5) is 11.2. The molecule has 0 fully saturated rings. The summed E-state index contributed by atoms with van der Waals surface area (Å²) in [6, 6.07) is 22.0. The van der Waals surface area contributed by atoms with Crippen molar-refractivity contribution in [3.8, 4) is 16.9 Å². The molecule has 1 amide bonds. The summed E-state index contributed by atoms with van der Waals surface area (Å²) in [6.07, 6.45) is 0. The van der Waals surface area contributed by atoms with E-state index in [0.717, 1.165) is 27.6 Å². The number of halogens is 3. The van der Waals surface area contributed by atoms with Crippen LogP contribution < -0.4 is 5.73 Å². The maximum Gasteiger partial charge on any atom is 0.248 e. The molecule has 4 aromatic rings. The molecule has 0 aliphatic rings. The van der Waals surface area contributed by atoms with E-state index in [1.807, 2.05) is 24.3 Å². The summed E-state index contributed by atoms with van der Waals surface area (Å²) >= 11 is 12.0. The van der Waals surface area contributed by atoms with Gasteiger partial charge in [-0.2, -0.15) is 4.31 Å².